The Balaban J connectivity index is 1.66. The minimum atomic E-state index is -4.72. The van der Waals surface area contributed by atoms with Crippen molar-refractivity contribution in [2.75, 3.05) is 17.2 Å². The summed E-state index contributed by atoms with van der Waals surface area (Å²) in [7, 11) is 0. The van der Waals surface area contributed by atoms with Crippen molar-refractivity contribution < 1.29 is 30.7 Å². The average molecular weight is 513 g/mol. The first-order chi connectivity index (χ1) is 16.9. The van der Waals surface area contributed by atoms with Gasteiger partial charge in [-0.2, -0.15) is 41.3 Å². The fourth-order valence-electron chi connectivity index (χ4n) is 3.45. The molecule has 3 heterocycles. The normalized spacial score (nSPS) is 19.6. The number of aromatic nitrogens is 5. The Labute approximate surface area is 199 Å². The zero-order valence-corrected chi connectivity index (χ0v) is 18.3. The number of hydrogen-bond donors (Lipinski definition) is 2. The van der Waals surface area contributed by atoms with Crippen LogP contribution in [0.2, 0.25) is 0 Å². The maximum atomic E-state index is 14.5. The second-order valence-corrected chi connectivity index (χ2v) is 8.07. The van der Waals surface area contributed by atoms with Gasteiger partial charge in [0.1, 0.15) is 22.8 Å². The minimum Gasteiger partial charge on any atom is -0.354 e. The van der Waals surface area contributed by atoms with Crippen molar-refractivity contribution in [1.82, 2.24) is 24.9 Å². The lowest BCUT2D eigenvalue weighted by Gasteiger charge is -2.12. The van der Waals surface area contributed by atoms with E-state index in [4.69, 9.17) is 0 Å². The van der Waals surface area contributed by atoms with Crippen LogP contribution in [-0.4, -0.2) is 37.1 Å². The van der Waals surface area contributed by atoms with E-state index in [1.54, 1.807) is 0 Å². The maximum Gasteiger partial charge on any atom is 0.433 e. The first-order valence-electron chi connectivity index (χ1n) is 10.5. The van der Waals surface area contributed by atoms with Crippen LogP contribution in [0.3, 0.4) is 0 Å². The highest BCUT2D eigenvalue weighted by Crippen LogP contribution is 2.50. The van der Waals surface area contributed by atoms with Crippen LogP contribution in [-0.2, 0) is 12.4 Å². The van der Waals surface area contributed by atoms with E-state index in [0.29, 0.717) is 0 Å². The largest absolute Gasteiger partial charge is 0.433 e. The molecule has 0 amide bonds. The van der Waals surface area contributed by atoms with Gasteiger partial charge in [0.25, 0.3) is 0 Å². The van der Waals surface area contributed by atoms with Crippen molar-refractivity contribution in [3.05, 3.63) is 60.6 Å². The van der Waals surface area contributed by atoms with Crippen LogP contribution in [0.15, 0.2) is 49.2 Å². The Morgan fingerprint density at radius 2 is 1.69 bits per heavy atom. The van der Waals surface area contributed by atoms with Crippen LogP contribution in [0.1, 0.15) is 24.2 Å². The van der Waals surface area contributed by atoms with Crippen LogP contribution < -0.4 is 10.6 Å². The summed E-state index contributed by atoms with van der Waals surface area (Å²) >= 11 is 0. The minimum absolute atomic E-state index is 0.0756. The van der Waals surface area contributed by atoms with Gasteiger partial charge >= 0.3 is 12.4 Å². The summed E-state index contributed by atoms with van der Waals surface area (Å²) in [6, 6.07) is 5.07. The predicted molar refractivity (Wildman–Crippen MR) is 116 cm³/mol. The Morgan fingerprint density at radius 1 is 0.972 bits per heavy atom. The number of hydrogen-bond acceptors (Lipinski definition) is 7. The van der Waals surface area contributed by atoms with Gasteiger partial charge in [-0.3, -0.25) is 4.98 Å². The molecule has 190 valence electrons. The zero-order chi connectivity index (χ0) is 26.1. The molecule has 2 N–H and O–H groups in total. The number of nitrogens with one attached hydrogen (secondary N) is 2. The molecule has 3 aromatic heterocycles. The monoisotopic (exact) mass is 513 g/mol. The molecule has 14 heteroatoms. The van der Waals surface area contributed by atoms with Crippen molar-refractivity contribution in [3.8, 4) is 11.5 Å². The van der Waals surface area contributed by atoms with Gasteiger partial charge < -0.3 is 10.6 Å². The van der Waals surface area contributed by atoms with Crippen LogP contribution in [0.25, 0.3) is 11.5 Å². The molecule has 0 radical (unpaired) electrons. The Kier molecular flexibility index (Phi) is 6.54. The Bertz CT molecular complexity index is 1260. The van der Waals surface area contributed by atoms with E-state index in [1.165, 1.54) is 18.2 Å². The second-order valence-electron chi connectivity index (χ2n) is 8.07. The number of pyridine rings is 2. The molecule has 0 bridgehead atoms. The van der Waals surface area contributed by atoms with Crippen LogP contribution in [0.4, 0.5) is 48.3 Å². The fourth-order valence-corrected chi connectivity index (χ4v) is 3.45. The molecule has 1 aliphatic carbocycles. The first kappa shape index (κ1) is 25.3. The lowest BCUT2D eigenvalue weighted by atomic mass is 10.2. The van der Waals surface area contributed by atoms with Crippen molar-refractivity contribution in [3.63, 3.8) is 0 Å². The average Bonchev–Trinajstić information content (AvgIpc) is 3.46. The van der Waals surface area contributed by atoms with Crippen molar-refractivity contribution in [2.45, 2.75) is 30.9 Å². The molecule has 0 aliphatic heterocycles. The molecule has 0 spiro atoms. The summed E-state index contributed by atoms with van der Waals surface area (Å²) in [5.41, 5.74) is -4.09. The van der Waals surface area contributed by atoms with E-state index in [0.717, 1.165) is 24.4 Å². The number of allylic oxidation sites excluding steroid dienone is 1. The molecule has 1 saturated carbocycles. The van der Waals surface area contributed by atoms with Gasteiger partial charge in [-0.25, -0.2) is 9.37 Å². The zero-order valence-electron chi connectivity index (χ0n) is 18.3. The summed E-state index contributed by atoms with van der Waals surface area (Å²) in [6.45, 7) is 3.63. The molecule has 7 nitrogen and oxygen atoms in total. The van der Waals surface area contributed by atoms with Crippen molar-refractivity contribution in [2.24, 2.45) is 5.92 Å². The van der Waals surface area contributed by atoms with E-state index in [2.05, 4.69) is 42.1 Å². The van der Waals surface area contributed by atoms with Crippen molar-refractivity contribution in [1.29, 1.82) is 0 Å². The molecular formula is C22H18F7N7. The van der Waals surface area contributed by atoms with Crippen molar-refractivity contribution >= 4 is 17.6 Å². The molecule has 3 aromatic rings. The molecule has 2 atom stereocenters. The first-order valence-corrected chi connectivity index (χ1v) is 10.5. The van der Waals surface area contributed by atoms with Gasteiger partial charge in [0.05, 0.1) is 0 Å². The third-order valence-electron chi connectivity index (χ3n) is 5.36. The second kappa shape index (κ2) is 9.32. The van der Waals surface area contributed by atoms with Gasteiger partial charge in [0.2, 0.25) is 11.9 Å². The van der Waals surface area contributed by atoms with E-state index in [1.807, 2.05) is 0 Å². The fraction of sp³-hybridized carbons (Fsp3) is 0.318. The van der Waals surface area contributed by atoms with Gasteiger partial charge in [-0.15, -0.1) is 6.58 Å². The smallest absolute Gasteiger partial charge is 0.354 e. The lowest BCUT2D eigenvalue weighted by molar-refractivity contribution is -0.141. The molecular weight excluding hydrogens is 495 g/mol. The highest BCUT2D eigenvalue weighted by molar-refractivity contribution is 5.59. The summed E-state index contributed by atoms with van der Waals surface area (Å²) in [4.78, 5) is 19.0. The van der Waals surface area contributed by atoms with E-state index < -0.39 is 29.4 Å². The SMILES string of the molecule is C=CCC1(F)CC1CNc1nc(Nc2ccnc(C(F)(F)F)c2)nc(-c2cccc(C(F)(F)F)n2)n1. The number of halogens is 7. The number of rotatable bonds is 8. The molecule has 0 saturated heterocycles. The van der Waals surface area contributed by atoms with Gasteiger partial charge in [-0.05, 0) is 37.1 Å². The predicted octanol–water partition coefficient (Wildman–Crippen LogP) is 5.83. The summed E-state index contributed by atoms with van der Waals surface area (Å²) < 4.78 is 92.9. The quantitative estimate of drug-likeness (QED) is 0.290. The maximum absolute atomic E-state index is 14.5. The number of anilines is 3. The number of nitrogens with zero attached hydrogens (tertiary/aromatic N) is 5. The van der Waals surface area contributed by atoms with Crippen LogP contribution in [0, 0.1) is 5.92 Å². The summed E-state index contributed by atoms with van der Waals surface area (Å²) in [5.74, 6) is -1.04. The summed E-state index contributed by atoms with van der Waals surface area (Å²) in [6.07, 6.45) is -6.60. The van der Waals surface area contributed by atoms with Gasteiger partial charge in [0, 0.05) is 24.3 Å². The Morgan fingerprint density at radius 3 is 2.39 bits per heavy atom. The van der Waals surface area contributed by atoms with Crippen LogP contribution >= 0.6 is 0 Å². The van der Waals surface area contributed by atoms with Gasteiger partial charge in [-0.1, -0.05) is 12.1 Å². The third-order valence-corrected chi connectivity index (χ3v) is 5.36. The van der Waals surface area contributed by atoms with Crippen LogP contribution in [0.5, 0.6) is 0 Å². The highest BCUT2D eigenvalue weighted by atomic mass is 19.4. The lowest BCUT2D eigenvalue weighted by Crippen LogP contribution is -2.15. The van der Waals surface area contributed by atoms with E-state index in [-0.39, 0.29) is 54.4 Å². The molecule has 36 heavy (non-hydrogen) atoms. The molecule has 1 aliphatic rings. The molecule has 1 fully saturated rings. The molecule has 0 aromatic carbocycles. The molecule has 4 rings (SSSR count). The standard InChI is InChI=1S/C22H18F7N7/c1-2-7-20(23)10-12(20)11-31-18-34-17(14-4-3-5-15(33-14)21(24,25)26)35-19(36-18)32-13-6-8-30-16(9-13)22(27,28)29/h2-6,8-9,12H,1,7,10-11H2,(H2,30,31,32,34,35,36). The number of alkyl halides is 7. The van der Waals surface area contributed by atoms with E-state index in [9.17, 15) is 30.7 Å². The van der Waals surface area contributed by atoms with Gasteiger partial charge in [0.15, 0.2) is 5.82 Å². The summed E-state index contributed by atoms with van der Waals surface area (Å²) in [5, 5.41) is 5.39. The third kappa shape index (κ3) is 5.86. The highest BCUT2D eigenvalue weighted by Gasteiger charge is 2.53. The topological polar surface area (TPSA) is 88.5 Å². The Hall–Kier alpha value is -3.84. The molecule has 2 unspecified atom stereocenters. The van der Waals surface area contributed by atoms with E-state index >= 15 is 0 Å².